The molecule has 5 aromatic carbocycles. The van der Waals surface area contributed by atoms with Crippen molar-refractivity contribution in [2.24, 2.45) is 21.7 Å². The summed E-state index contributed by atoms with van der Waals surface area (Å²) in [6, 6.07) is 58.1. The minimum Gasteiger partial charge on any atom is -0.494 e. The Morgan fingerprint density at radius 1 is 0.292 bits per heavy atom. The maximum atomic E-state index is 6.28. The summed E-state index contributed by atoms with van der Waals surface area (Å²) in [5, 5.41) is 0. The lowest BCUT2D eigenvalue weighted by atomic mass is 9.93. The fourth-order valence-electron chi connectivity index (χ4n) is 13.9. The number of rotatable bonds is 16. The van der Waals surface area contributed by atoms with E-state index in [-0.39, 0.29) is 21.7 Å². The van der Waals surface area contributed by atoms with Gasteiger partial charge in [0.1, 0.15) is 34.0 Å². The van der Waals surface area contributed by atoms with E-state index in [1.807, 2.05) is 60.7 Å². The molecule has 0 aliphatic carbocycles. The molecule has 113 heavy (non-hydrogen) atoms. The predicted molar refractivity (Wildman–Crippen MR) is 467 cm³/mol. The van der Waals surface area contributed by atoms with Gasteiger partial charge in [0.05, 0.1) is 117 Å². The maximum absolute atomic E-state index is 6.28. The first-order valence-corrected chi connectivity index (χ1v) is 39.6. The van der Waals surface area contributed by atoms with Gasteiger partial charge in [-0.05, 0) is 240 Å². The number of fused-ring (bicyclic) bond motifs is 17. The van der Waals surface area contributed by atoms with Crippen LogP contribution >= 0.6 is 11.7 Å². The van der Waals surface area contributed by atoms with Crippen molar-refractivity contribution in [2.75, 3.05) is 26.4 Å². The van der Waals surface area contributed by atoms with Crippen molar-refractivity contribution in [2.45, 2.75) is 109 Å². The minimum absolute atomic E-state index is 0.149. The van der Waals surface area contributed by atoms with Gasteiger partial charge in [0.15, 0.2) is 0 Å². The molecule has 11 heterocycles. The van der Waals surface area contributed by atoms with Crippen molar-refractivity contribution < 1.29 is 18.9 Å². The first-order chi connectivity index (χ1) is 54.4. The molecule has 16 bridgehead atoms. The largest absolute Gasteiger partial charge is 0.494 e. The van der Waals surface area contributed by atoms with E-state index >= 15 is 0 Å². The maximum Gasteiger partial charge on any atom is 0.121 e. The number of aromatic nitrogens is 10. The molecule has 564 valence electrons. The molecule has 4 aliphatic rings. The SMILES string of the molecule is CC(C)(C)CCOc1ccc(-c2c3nc(c(C#Cc4ccc(C#Cc5c6nc(c(-c7ccc(OCCC(C)(C)C)cc7)c7ccc(cc8nc(c(-c9ccc(OCCC(C)(C)C)cc9)c9ccc5[nH]9)C=C8)[nH]7)C=C6)c5nsnc45)c4ccc([nH]4)c(-c4ccc(OCCC(C)(C)C)cc4)c4nc(cc5ccc2[nH]5)C=C4)C=C3)cc1. The van der Waals surface area contributed by atoms with Crippen molar-refractivity contribution in [3.05, 3.63) is 238 Å². The fraction of sp³-hybridized carbons (Fsp3) is 0.245. The number of hydrogen-bond donors (Lipinski definition) is 4. The zero-order valence-corrected chi connectivity index (χ0v) is 67.0. The Balaban J connectivity index is 0.840. The quantitative estimate of drug-likeness (QED) is 0.0681. The van der Waals surface area contributed by atoms with Gasteiger partial charge >= 0.3 is 0 Å². The summed E-state index contributed by atoms with van der Waals surface area (Å²) < 4.78 is 35.0. The third kappa shape index (κ3) is 17.5. The Labute approximate surface area is 664 Å². The lowest BCUT2D eigenvalue weighted by Gasteiger charge is -2.18. The van der Waals surface area contributed by atoms with Gasteiger partial charge < -0.3 is 38.9 Å². The third-order valence-corrected chi connectivity index (χ3v) is 20.8. The zero-order valence-electron chi connectivity index (χ0n) is 66.2. The average molecular weight is 1510 g/mol. The summed E-state index contributed by atoms with van der Waals surface area (Å²) in [5.41, 5.74) is 25.1. The van der Waals surface area contributed by atoms with Crippen LogP contribution in [0.1, 0.15) is 177 Å². The molecule has 0 amide bonds. The normalized spacial score (nSPS) is 12.6. The van der Waals surface area contributed by atoms with Crippen LogP contribution < -0.4 is 18.9 Å². The summed E-state index contributed by atoms with van der Waals surface area (Å²) in [5.74, 6) is 17.8. The molecule has 16 rings (SSSR count). The number of nitrogens with one attached hydrogen (secondary N) is 4. The van der Waals surface area contributed by atoms with Gasteiger partial charge in [-0.3, -0.25) is 0 Å². The highest BCUT2D eigenvalue weighted by Crippen LogP contribution is 2.39. The van der Waals surface area contributed by atoms with Gasteiger partial charge in [-0.25, -0.2) is 19.9 Å². The molecular weight excluding hydrogens is 1410 g/mol. The molecule has 0 radical (unpaired) electrons. The Morgan fingerprint density at radius 3 is 0.903 bits per heavy atom. The van der Waals surface area contributed by atoms with Gasteiger partial charge in [-0.1, -0.05) is 155 Å². The Morgan fingerprint density at radius 2 is 0.575 bits per heavy atom. The van der Waals surface area contributed by atoms with Crippen LogP contribution in [0.15, 0.2) is 170 Å². The Bertz CT molecular complexity index is 5780. The van der Waals surface area contributed by atoms with E-state index in [1.54, 1.807) is 0 Å². The average Bonchev–Trinajstić information content (AvgIpc) is 1.65. The molecule has 4 N–H and O–H groups in total. The van der Waals surface area contributed by atoms with Crippen LogP contribution in [0.5, 0.6) is 23.0 Å². The fourth-order valence-corrected chi connectivity index (χ4v) is 14.4. The number of H-pyrrole nitrogens is 4. The lowest BCUT2D eigenvalue weighted by Crippen LogP contribution is -2.11. The lowest BCUT2D eigenvalue weighted by molar-refractivity contribution is 0.242. The molecule has 4 aliphatic heterocycles. The predicted octanol–water partition coefficient (Wildman–Crippen LogP) is 24.4. The molecule has 0 saturated heterocycles. The standard InChI is InChI=1S/C98H92N10O4S/c1-95(2,3)51-55-109-71-29-15-61(16-30-71)89-81-39-25-67(99-81)59-68-26-40-82(100-68)90(62-17-31-72(32-18-62)110-56-52-96(4,5)6)86-48-44-78(104-86)75(77-43-47-85(89)103-77)37-23-65-13-14-66(94-93(65)107-113-108-94)24-38-76-79-45-49-87(105-79)91(63-19-33-73(34-20-63)111-57-53-97(7,8)9)83-41-27-69(101-83)60-70-28-42-84(102-70)92(88-50-46-80(76)106-88)64-21-35-74(36-22-64)112-58-54-98(10,11)12/h13-22,25-36,39-50,59-60,99,101,104,106H,51-58H2,1-12H3. The highest BCUT2D eigenvalue weighted by molar-refractivity contribution is 7.00. The smallest absolute Gasteiger partial charge is 0.121 e. The summed E-state index contributed by atoms with van der Waals surface area (Å²) in [7, 11) is 0. The second-order valence-electron chi connectivity index (χ2n) is 34.1. The molecule has 12 aromatic rings. The molecule has 0 fully saturated rings. The Hall–Kier alpha value is -12.6. The van der Waals surface area contributed by atoms with E-state index in [0.29, 0.717) is 71.1 Å². The molecule has 0 unspecified atom stereocenters. The van der Waals surface area contributed by atoms with Crippen LogP contribution in [0, 0.1) is 45.3 Å². The van der Waals surface area contributed by atoms with Crippen molar-refractivity contribution in [3.63, 3.8) is 0 Å². The number of aromatic amines is 4. The number of ether oxygens (including phenoxy) is 4. The van der Waals surface area contributed by atoms with Gasteiger partial charge in [0.2, 0.25) is 0 Å². The molecular formula is C98H92N10O4S. The molecule has 15 heteroatoms. The third-order valence-electron chi connectivity index (χ3n) is 20.3. The molecule has 14 nitrogen and oxygen atoms in total. The molecule has 0 spiro atoms. The number of hydrogen-bond acceptors (Lipinski definition) is 11. The molecule has 0 saturated carbocycles. The topological polar surface area (TPSA) is 177 Å². The highest BCUT2D eigenvalue weighted by atomic mass is 32.1. The van der Waals surface area contributed by atoms with E-state index in [0.717, 1.165) is 183 Å². The van der Waals surface area contributed by atoms with Crippen LogP contribution in [-0.2, 0) is 0 Å². The summed E-state index contributed by atoms with van der Waals surface area (Å²) >= 11 is 1.13. The van der Waals surface area contributed by atoms with Crippen molar-refractivity contribution >= 4 is 116 Å². The van der Waals surface area contributed by atoms with Gasteiger partial charge in [-0.15, -0.1) is 0 Å². The van der Waals surface area contributed by atoms with Gasteiger partial charge in [-0.2, -0.15) is 8.75 Å². The second kappa shape index (κ2) is 31.0. The van der Waals surface area contributed by atoms with E-state index in [9.17, 15) is 0 Å². The van der Waals surface area contributed by atoms with Gasteiger partial charge in [0, 0.05) is 55.4 Å². The van der Waals surface area contributed by atoms with E-state index < -0.39 is 0 Å². The van der Waals surface area contributed by atoms with Crippen molar-refractivity contribution in [3.8, 4) is 91.2 Å². The minimum atomic E-state index is 0.149. The summed E-state index contributed by atoms with van der Waals surface area (Å²) in [6.45, 7) is 29.2. The van der Waals surface area contributed by atoms with Gasteiger partial charge in [0.25, 0.3) is 0 Å². The van der Waals surface area contributed by atoms with Crippen LogP contribution in [0.3, 0.4) is 0 Å². The van der Waals surface area contributed by atoms with Crippen LogP contribution in [0.2, 0.25) is 0 Å². The number of nitrogens with zero attached hydrogens (tertiary/aromatic N) is 6. The first kappa shape index (κ1) is 74.5. The van der Waals surface area contributed by atoms with E-state index in [4.69, 9.17) is 47.6 Å². The van der Waals surface area contributed by atoms with E-state index in [2.05, 4.69) is 285 Å². The monoisotopic (exact) mass is 1500 g/mol. The highest BCUT2D eigenvalue weighted by Gasteiger charge is 2.22. The van der Waals surface area contributed by atoms with Crippen molar-refractivity contribution in [1.29, 1.82) is 0 Å². The van der Waals surface area contributed by atoms with Crippen LogP contribution in [-0.4, -0.2) is 75.0 Å². The molecule has 0 atom stereocenters. The molecule has 7 aromatic heterocycles. The Kier molecular flexibility index (Phi) is 20.4. The second-order valence-corrected chi connectivity index (χ2v) is 34.6. The number of benzene rings is 5. The van der Waals surface area contributed by atoms with Crippen LogP contribution in [0.25, 0.3) is 148 Å². The van der Waals surface area contributed by atoms with E-state index in [1.165, 1.54) is 0 Å². The van der Waals surface area contributed by atoms with Crippen LogP contribution in [0.4, 0.5) is 0 Å². The summed E-state index contributed by atoms with van der Waals surface area (Å²) in [4.78, 5) is 36.8. The first-order valence-electron chi connectivity index (χ1n) is 38.9. The van der Waals surface area contributed by atoms with Crippen molar-refractivity contribution in [1.82, 2.24) is 48.6 Å². The summed E-state index contributed by atoms with van der Waals surface area (Å²) in [6.07, 6.45) is 20.3. The zero-order chi connectivity index (χ0) is 78.2.